The van der Waals surface area contributed by atoms with E-state index in [4.69, 9.17) is 20.2 Å². The molecule has 0 amide bonds. The van der Waals surface area contributed by atoms with Crippen LogP contribution in [-0.2, 0) is 10.2 Å². The molecular weight excluding hydrogens is 266 g/mol. The summed E-state index contributed by atoms with van der Waals surface area (Å²) in [6.45, 7) is 3.41. The summed E-state index contributed by atoms with van der Waals surface area (Å²) < 4.78 is 13.3. The van der Waals surface area contributed by atoms with Crippen molar-refractivity contribution < 1.29 is 9.47 Å². The minimum Gasteiger partial charge on any atom is -0.497 e. The molecule has 2 N–H and O–H groups in total. The maximum Gasteiger partial charge on any atom is 0.121 e. The monoisotopic (exact) mass is 287 g/mol. The van der Waals surface area contributed by atoms with Crippen molar-refractivity contribution in [3.8, 4) is 5.75 Å². The molecule has 2 atom stereocenters. The van der Waals surface area contributed by atoms with Gasteiger partial charge >= 0.3 is 0 Å². The molecular formula is C16H21N3O2. The fourth-order valence-corrected chi connectivity index (χ4v) is 3.23. The lowest BCUT2D eigenvalue weighted by atomic mass is 9.85. The first-order valence-electron chi connectivity index (χ1n) is 7.53. The van der Waals surface area contributed by atoms with E-state index in [1.807, 2.05) is 12.1 Å². The number of hydrogen-bond acceptors (Lipinski definition) is 4. The lowest BCUT2D eigenvalue weighted by Gasteiger charge is -2.27. The van der Waals surface area contributed by atoms with Crippen molar-refractivity contribution in [1.29, 1.82) is 0 Å². The number of imidazole rings is 1. The van der Waals surface area contributed by atoms with E-state index >= 15 is 0 Å². The van der Waals surface area contributed by atoms with Crippen LogP contribution in [0.2, 0.25) is 0 Å². The highest BCUT2D eigenvalue weighted by Crippen LogP contribution is 2.43. The van der Waals surface area contributed by atoms with Gasteiger partial charge in [-0.05, 0) is 31.9 Å². The van der Waals surface area contributed by atoms with Gasteiger partial charge in [0.1, 0.15) is 11.6 Å². The van der Waals surface area contributed by atoms with Crippen LogP contribution >= 0.6 is 0 Å². The molecule has 2 aromatic rings. The fourth-order valence-electron chi connectivity index (χ4n) is 3.23. The molecule has 2 heterocycles. The van der Waals surface area contributed by atoms with Gasteiger partial charge in [-0.1, -0.05) is 0 Å². The van der Waals surface area contributed by atoms with Gasteiger partial charge in [0.05, 0.1) is 36.8 Å². The summed E-state index contributed by atoms with van der Waals surface area (Å²) in [5.41, 5.74) is 8.25. The normalized spacial score (nSPS) is 29.2. The minimum atomic E-state index is -0.213. The Hall–Kier alpha value is -1.59. The topological polar surface area (TPSA) is 62.3 Å². The number of ether oxygens (including phenoxy) is 2. The first-order chi connectivity index (χ1) is 10.1. The third kappa shape index (κ3) is 1.88. The van der Waals surface area contributed by atoms with Gasteiger partial charge in [-0.3, -0.25) is 0 Å². The van der Waals surface area contributed by atoms with Gasteiger partial charge in [0.25, 0.3) is 0 Å². The van der Waals surface area contributed by atoms with E-state index in [9.17, 15) is 0 Å². The highest BCUT2D eigenvalue weighted by Gasteiger charge is 2.45. The summed E-state index contributed by atoms with van der Waals surface area (Å²) in [7, 11) is 1.68. The molecule has 112 valence electrons. The predicted molar refractivity (Wildman–Crippen MR) is 80.7 cm³/mol. The standard InChI is InChI=1S/C16H21N3O2/c1-16(9-21-8-14(16)17)15-18-12-7-11(20-2)5-6-13(12)19(15)10-3-4-10/h5-7,10,14H,3-4,8-9,17H2,1-2H3. The minimum absolute atomic E-state index is 0.00583. The molecule has 1 saturated heterocycles. The number of hydrogen-bond donors (Lipinski definition) is 1. The van der Waals surface area contributed by atoms with Gasteiger partial charge in [-0.2, -0.15) is 0 Å². The fraction of sp³-hybridized carbons (Fsp3) is 0.562. The lowest BCUT2D eigenvalue weighted by molar-refractivity contribution is 0.177. The Labute approximate surface area is 124 Å². The van der Waals surface area contributed by atoms with Crippen molar-refractivity contribution in [3.05, 3.63) is 24.0 Å². The second-order valence-electron chi connectivity index (χ2n) is 6.43. The molecule has 1 aromatic heterocycles. The Morgan fingerprint density at radius 1 is 1.43 bits per heavy atom. The number of aromatic nitrogens is 2. The van der Waals surface area contributed by atoms with Crippen molar-refractivity contribution in [3.63, 3.8) is 0 Å². The maximum atomic E-state index is 6.31. The van der Waals surface area contributed by atoms with E-state index in [1.54, 1.807) is 7.11 Å². The summed E-state index contributed by atoms with van der Waals surface area (Å²) in [6.07, 6.45) is 2.44. The largest absolute Gasteiger partial charge is 0.497 e. The van der Waals surface area contributed by atoms with E-state index in [0.717, 1.165) is 17.1 Å². The molecule has 2 aliphatic rings. The molecule has 0 radical (unpaired) electrons. The smallest absolute Gasteiger partial charge is 0.121 e. The van der Waals surface area contributed by atoms with Gasteiger partial charge in [-0.15, -0.1) is 0 Å². The third-order valence-corrected chi connectivity index (χ3v) is 4.84. The number of nitrogens with two attached hydrogens (primary N) is 1. The number of methoxy groups -OCH3 is 1. The van der Waals surface area contributed by atoms with Gasteiger partial charge in [0.15, 0.2) is 0 Å². The summed E-state index contributed by atoms with van der Waals surface area (Å²) in [5, 5.41) is 0. The SMILES string of the molecule is COc1ccc2c(c1)nc(C1(C)COCC1N)n2C1CC1. The molecule has 2 unspecified atom stereocenters. The third-order valence-electron chi connectivity index (χ3n) is 4.84. The maximum absolute atomic E-state index is 6.31. The van der Waals surface area contributed by atoms with E-state index < -0.39 is 0 Å². The summed E-state index contributed by atoms with van der Waals surface area (Å²) in [6, 6.07) is 6.66. The van der Waals surface area contributed by atoms with Crippen molar-refractivity contribution in [2.45, 2.75) is 37.3 Å². The molecule has 0 spiro atoms. The zero-order chi connectivity index (χ0) is 14.6. The Bertz CT molecular complexity index is 692. The predicted octanol–water partition coefficient (Wildman–Crippen LogP) is 1.99. The number of nitrogens with zero attached hydrogens (tertiary/aromatic N) is 2. The van der Waals surface area contributed by atoms with Gasteiger partial charge in [0.2, 0.25) is 0 Å². The molecule has 2 fully saturated rings. The second-order valence-corrected chi connectivity index (χ2v) is 6.43. The van der Waals surface area contributed by atoms with Gasteiger partial charge < -0.3 is 19.8 Å². The quantitative estimate of drug-likeness (QED) is 0.938. The summed E-state index contributed by atoms with van der Waals surface area (Å²) >= 11 is 0. The van der Waals surface area contributed by atoms with Crippen LogP contribution in [0.25, 0.3) is 11.0 Å². The van der Waals surface area contributed by atoms with E-state index in [-0.39, 0.29) is 11.5 Å². The van der Waals surface area contributed by atoms with Crippen molar-refractivity contribution in [1.82, 2.24) is 9.55 Å². The van der Waals surface area contributed by atoms with Gasteiger partial charge in [-0.25, -0.2) is 4.98 Å². The zero-order valence-electron chi connectivity index (χ0n) is 12.5. The number of fused-ring (bicyclic) bond motifs is 1. The van der Waals surface area contributed by atoms with Crippen molar-refractivity contribution in [2.24, 2.45) is 5.73 Å². The summed E-state index contributed by atoms with van der Waals surface area (Å²) in [4.78, 5) is 4.91. The van der Waals surface area contributed by atoms with Crippen LogP contribution in [-0.4, -0.2) is 35.9 Å². The Morgan fingerprint density at radius 3 is 2.86 bits per heavy atom. The van der Waals surface area contributed by atoms with E-state index in [0.29, 0.717) is 19.3 Å². The average molecular weight is 287 g/mol. The van der Waals surface area contributed by atoms with Crippen LogP contribution in [0.1, 0.15) is 31.6 Å². The molecule has 0 bridgehead atoms. The van der Waals surface area contributed by atoms with Crippen LogP contribution < -0.4 is 10.5 Å². The lowest BCUT2D eigenvalue weighted by Crippen LogP contribution is -2.43. The molecule has 1 saturated carbocycles. The van der Waals surface area contributed by atoms with Crippen LogP contribution in [0, 0.1) is 0 Å². The highest BCUT2D eigenvalue weighted by molar-refractivity contribution is 5.78. The zero-order valence-corrected chi connectivity index (χ0v) is 12.5. The number of benzene rings is 1. The van der Waals surface area contributed by atoms with Gasteiger partial charge in [0, 0.05) is 18.2 Å². The molecule has 5 nitrogen and oxygen atoms in total. The molecule has 1 aliphatic carbocycles. The van der Waals surface area contributed by atoms with Crippen LogP contribution in [0.15, 0.2) is 18.2 Å². The molecule has 1 aliphatic heterocycles. The van der Waals surface area contributed by atoms with Crippen LogP contribution in [0.4, 0.5) is 0 Å². The second kappa shape index (κ2) is 4.45. The average Bonchev–Trinajstić information content (AvgIpc) is 3.17. The number of rotatable bonds is 3. The van der Waals surface area contributed by atoms with E-state index in [1.165, 1.54) is 18.4 Å². The van der Waals surface area contributed by atoms with Crippen LogP contribution in [0.5, 0.6) is 5.75 Å². The highest BCUT2D eigenvalue weighted by atomic mass is 16.5. The molecule has 1 aromatic carbocycles. The van der Waals surface area contributed by atoms with Crippen molar-refractivity contribution in [2.75, 3.05) is 20.3 Å². The summed E-state index contributed by atoms with van der Waals surface area (Å²) in [5.74, 6) is 1.91. The van der Waals surface area contributed by atoms with Crippen molar-refractivity contribution >= 4 is 11.0 Å². The molecule has 4 rings (SSSR count). The first kappa shape index (κ1) is 13.1. The van der Waals surface area contributed by atoms with E-state index in [2.05, 4.69) is 17.6 Å². The Balaban J connectivity index is 1.93. The molecule has 21 heavy (non-hydrogen) atoms. The Kier molecular flexibility index (Phi) is 2.78. The first-order valence-corrected chi connectivity index (χ1v) is 7.53. The molecule has 5 heteroatoms. The van der Waals surface area contributed by atoms with Crippen LogP contribution in [0.3, 0.4) is 0 Å². The Morgan fingerprint density at radius 2 is 2.24 bits per heavy atom.